The third-order valence-electron chi connectivity index (χ3n) is 4.97. The van der Waals surface area contributed by atoms with Crippen LogP contribution in [-0.4, -0.2) is 88.5 Å². The first-order chi connectivity index (χ1) is 13.7. The molecule has 0 bridgehead atoms. The summed E-state index contributed by atoms with van der Waals surface area (Å²) in [5, 5.41) is 9.62. The van der Waals surface area contributed by atoms with Crippen LogP contribution in [0, 0.1) is 5.92 Å². The predicted molar refractivity (Wildman–Crippen MR) is 114 cm³/mol. The van der Waals surface area contributed by atoms with Crippen LogP contribution in [-0.2, 0) is 20.0 Å². The number of carbonyl (C=O) groups excluding carboxylic acids is 1. The molecule has 2 N–H and O–H groups in total. The molecule has 12 heteroatoms. The number of anilines is 1. The van der Waals surface area contributed by atoms with Gasteiger partial charge in [-0.25, -0.2) is 21.1 Å². The Kier molecular flexibility index (Phi) is 7.38. The molecule has 170 valence electrons. The Bertz CT molecular complexity index is 995. The van der Waals surface area contributed by atoms with Crippen molar-refractivity contribution in [2.24, 2.45) is 5.92 Å². The second kappa shape index (κ2) is 9.08. The van der Waals surface area contributed by atoms with Gasteiger partial charge in [0.2, 0.25) is 20.0 Å². The van der Waals surface area contributed by atoms with Crippen molar-refractivity contribution in [3.63, 3.8) is 0 Å². The highest BCUT2D eigenvalue weighted by Gasteiger charge is 2.34. The lowest BCUT2D eigenvalue weighted by Crippen LogP contribution is -2.50. The van der Waals surface area contributed by atoms with Gasteiger partial charge in [-0.1, -0.05) is 6.92 Å². The number of likely N-dealkylation sites (N-methyl/N-ethyl adjacent to an activating group) is 1. The van der Waals surface area contributed by atoms with Crippen LogP contribution in [0.3, 0.4) is 0 Å². The van der Waals surface area contributed by atoms with E-state index in [1.165, 1.54) is 34.5 Å². The summed E-state index contributed by atoms with van der Waals surface area (Å²) in [5.74, 6) is -0.438. The van der Waals surface area contributed by atoms with Gasteiger partial charge in [-0.15, -0.1) is 0 Å². The second-order valence-corrected chi connectivity index (χ2v) is 11.6. The average molecular weight is 464 g/mol. The zero-order valence-electron chi connectivity index (χ0n) is 17.7. The summed E-state index contributed by atoms with van der Waals surface area (Å²) in [6, 6.07) is 3.83. The molecule has 10 nitrogen and oxygen atoms in total. The zero-order valence-corrected chi connectivity index (χ0v) is 19.3. The summed E-state index contributed by atoms with van der Waals surface area (Å²) in [5.41, 5.74) is 0.325. The summed E-state index contributed by atoms with van der Waals surface area (Å²) in [6.07, 6.45) is 1.53. The molecule has 0 spiro atoms. The molecule has 30 heavy (non-hydrogen) atoms. The van der Waals surface area contributed by atoms with E-state index in [2.05, 4.69) is 4.72 Å². The minimum atomic E-state index is -3.55. The normalized spacial score (nSPS) is 21.4. The van der Waals surface area contributed by atoms with Crippen molar-refractivity contribution in [3.05, 3.63) is 23.8 Å². The average Bonchev–Trinajstić information content (AvgIpc) is 2.62. The van der Waals surface area contributed by atoms with Gasteiger partial charge < -0.3 is 14.7 Å². The largest absolute Gasteiger partial charge is 0.488 e. The van der Waals surface area contributed by atoms with E-state index >= 15 is 0 Å². The molecule has 1 aromatic rings. The van der Waals surface area contributed by atoms with Crippen molar-refractivity contribution in [2.75, 3.05) is 44.0 Å². The maximum atomic E-state index is 13.2. The molecule has 0 aromatic heterocycles. The van der Waals surface area contributed by atoms with Crippen LogP contribution in [0.15, 0.2) is 18.2 Å². The summed E-state index contributed by atoms with van der Waals surface area (Å²) in [4.78, 5) is 14.7. The fourth-order valence-electron chi connectivity index (χ4n) is 3.11. The number of ether oxygens (including phenoxy) is 1. The maximum absolute atomic E-state index is 13.2. The first-order valence-electron chi connectivity index (χ1n) is 9.34. The number of hydrogen-bond donors (Lipinski definition) is 2. The molecule has 1 aliphatic heterocycles. The van der Waals surface area contributed by atoms with Gasteiger partial charge in [0.1, 0.15) is 11.9 Å². The van der Waals surface area contributed by atoms with Crippen molar-refractivity contribution in [1.29, 1.82) is 0 Å². The van der Waals surface area contributed by atoms with Crippen molar-refractivity contribution in [2.45, 2.75) is 26.0 Å². The Hall–Kier alpha value is -1.89. The third kappa shape index (κ3) is 6.06. The quantitative estimate of drug-likeness (QED) is 0.589. The van der Waals surface area contributed by atoms with Crippen LogP contribution in [0.25, 0.3) is 0 Å². The molecule has 1 heterocycles. The Morgan fingerprint density at radius 2 is 1.93 bits per heavy atom. The molecule has 0 saturated carbocycles. The first-order valence-corrected chi connectivity index (χ1v) is 13.1. The molecule has 1 aromatic carbocycles. The van der Waals surface area contributed by atoms with E-state index in [0.717, 1.165) is 12.5 Å². The molecule has 1 amide bonds. The fourth-order valence-corrected chi connectivity index (χ4v) is 4.08. The summed E-state index contributed by atoms with van der Waals surface area (Å²) in [6.45, 7) is 3.58. The lowest BCUT2D eigenvalue weighted by Gasteiger charge is -2.38. The maximum Gasteiger partial charge on any atom is 0.258 e. The fraction of sp³-hybridized carbons (Fsp3) is 0.611. The van der Waals surface area contributed by atoms with Crippen molar-refractivity contribution < 1.29 is 31.5 Å². The van der Waals surface area contributed by atoms with E-state index in [0.29, 0.717) is 0 Å². The minimum absolute atomic E-state index is 0.0678. The molecule has 0 aliphatic carbocycles. The third-order valence-corrected chi connectivity index (χ3v) is 6.86. The van der Waals surface area contributed by atoms with Gasteiger partial charge in [0, 0.05) is 25.2 Å². The Labute approximate surface area is 177 Å². The monoisotopic (exact) mass is 463 g/mol. The van der Waals surface area contributed by atoms with Gasteiger partial charge >= 0.3 is 0 Å². The number of hydrogen-bond acceptors (Lipinski definition) is 7. The molecule has 0 unspecified atom stereocenters. The second-order valence-electron chi connectivity index (χ2n) is 7.75. The number of nitrogens with zero attached hydrogens (tertiary/aromatic N) is 2. The molecular formula is C18H29N3O7S2. The molecule has 3 atom stereocenters. The molecule has 2 rings (SSSR count). The molecular weight excluding hydrogens is 434 g/mol. The highest BCUT2D eigenvalue weighted by atomic mass is 32.2. The molecule has 0 fully saturated rings. The van der Waals surface area contributed by atoms with E-state index in [1.807, 2.05) is 6.92 Å². The standard InChI is InChI=1S/C18H29N3O7S2/c1-12-9-21(13(2)11-22)18(23)15-8-14(19-29(4,24)25)6-7-16(15)28-17(12)10-20(3)30(5,26)27/h6-8,12-13,17,19,22H,9-11H2,1-5H3/t12-,13+,17+/m0/s1. The highest BCUT2D eigenvalue weighted by molar-refractivity contribution is 7.92. The van der Waals surface area contributed by atoms with Crippen LogP contribution in [0.4, 0.5) is 5.69 Å². The van der Waals surface area contributed by atoms with E-state index in [-0.39, 0.29) is 42.6 Å². The number of sulfonamides is 2. The highest BCUT2D eigenvalue weighted by Crippen LogP contribution is 2.31. The molecule has 0 saturated heterocycles. The number of aliphatic hydroxyl groups excluding tert-OH is 1. The van der Waals surface area contributed by atoms with E-state index in [9.17, 15) is 26.7 Å². The number of rotatable bonds is 7. The van der Waals surface area contributed by atoms with Crippen LogP contribution in [0.2, 0.25) is 0 Å². The van der Waals surface area contributed by atoms with Crippen molar-refractivity contribution in [1.82, 2.24) is 9.21 Å². The lowest BCUT2D eigenvalue weighted by atomic mass is 9.99. The number of fused-ring (bicyclic) bond motifs is 1. The van der Waals surface area contributed by atoms with Crippen LogP contribution < -0.4 is 9.46 Å². The number of aliphatic hydroxyl groups is 1. The summed E-state index contributed by atoms with van der Waals surface area (Å²) >= 11 is 0. The van der Waals surface area contributed by atoms with Gasteiger partial charge in [0.25, 0.3) is 5.91 Å². The van der Waals surface area contributed by atoms with Crippen molar-refractivity contribution >= 4 is 31.6 Å². The zero-order chi connectivity index (χ0) is 22.9. The topological polar surface area (TPSA) is 133 Å². The SMILES string of the molecule is C[C@H](CO)N1C[C@H](C)[C@@H](CN(C)S(C)(=O)=O)Oc2ccc(NS(C)(=O)=O)cc2C1=O. The van der Waals surface area contributed by atoms with Gasteiger partial charge in [0.05, 0.1) is 37.3 Å². The number of nitrogens with one attached hydrogen (secondary N) is 1. The Morgan fingerprint density at radius 3 is 2.47 bits per heavy atom. The predicted octanol–water partition coefficient (Wildman–Crippen LogP) is 0.170. The van der Waals surface area contributed by atoms with Crippen LogP contribution in [0.1, 0.15) is 24.2 Å². The van der Waals surface area contributed by atoms with E-state index in [1.54, 1.807) is 6.92 Å². The van der Waals surface area contributed by atoms with E-state index in [4.69, 9.17) is 4.74 Å². The number of carbonyl (C=O) groups is 1. The van der Waals surface area contributed by atoms with Crippen LogP contribution in [0.5, 0.6) is 5.75 Å². The minimum Gasteiger partial charge on any atom is -0.488 e. The first kappa shape index (κ1) is 24.4. The summed E-state index contributed by atoms with van der Waals surface area (Å²) < 4.78 is 56.4. The van der Waals surface area contributed by atoms with E-state index < -0.39 is 38.1 Å². The van der Waals surface area contributed by atoms with Gasteiger partial charge in [-0.05, 0) is 25.1 Å². The van der Waals surface area contributed by atoms with Gasteiger partial charge in [0.15, 0.2) is 0 Å². The van der Waals surface area contributed by atoms with Gasteiger partial charge in [-0.3, -0.25) is 9.52 Å². The van der Waals surface area contributed by atoms with Gasteiger partial charge in [-0.2, -0.15) is 0 Å². The van der Waals surface area contributed by atoms with Crippen LogP contribution >= 0.6 is 0 Å². The lowest BCUT2D eigenvalue weighted by molar-refractivity contribution is 0.0387. The molecule has 1 aliphatic rings. The smallest absolute Gasteiger partial charge is 0.258 e. The molecule has 0 radical (unpaired) electrons. The Morgan fingerprint density at radius 1 is 1.30 bits per heavy atom. The Balaban J connectivity index is 2.52. The van der Waals surface area contributed by atoms with Crippen molar-refractivity contribution in [3.8, 4) is 5.75 Å². The summed E-state index contributed by atoms with van der Waals surface area (Å²) in [7, 11) is -5.55. The number of benzene rings is 1. The number of amides is 1.